The fraction of sp³-hybridized carbons (Fsp3) is 0.533. The van der Waals surface area contributed by atoms with Gasteiger partial charge in [-0.25, -0.2) is 0 Å². The summed E-state index contributed by atoms with van der Waals surface area (Å²) in [6.07, 6.45) is -5.29. The Hall–Kier alpha value is -1.56. The third kappa shape index (κ3) is 5.75. The second-order valence-corrected chi connectivity index (χ2v) is 6.06. The van der Waals surface area contributed by atoms with Gasteiger partial charge in [0.25, 0.3) is 0 Å². The second kappa shape index (κ2) is 6.47. The van der Waals surface area contributed by atoms with E-state index in [1.54, 1.807) is 0 Å². The van der Waals surface area contributed by atoms with Crippen molar-refractivity contribution in [3.8, 4) is 0 Å². The van der Waals surface area contributed by atoms with Gasteiger partial charge < -0.3 is 10.4 Å². The Balaban J connectivity index is 2.60. The minimum absolute atomic E-state index is 0.0707. The van der Waals surface area contributed by atoms with Gasteiger partial charge >= 0.3 is 6.18 Å². The van der Waals surface area contributed by atoms with Crippen molar-refractivity contribution in [1.29, 1.82) is 0 Å². The summed E-state index contributed by atoms with van der Waals surface area (Å²) in [7, 11) is 0. The summed E-state index contributed by atoms with van der Waals surface area (Å²) in [6.45, 7) is 5.56. The monoisotopic (exact) mass is 303 g/mol. The van der Waals surface area contributed by atoms with Gasteiger partial charge in [0, 0.05) is 6.54 Å². The Morgan fingerprint density at radius 1 is 1.29 bits per heavy atom. The maximum atomic E-state index is 12.6. The van der Waals surface area contributed by atoms with Crippen LogP contribution in [0.3, 0.4) is 0 Å². The van der Waals surface area contributed by atoms with Crippen LogP contribution in [-0.4, -0.2) is 23.7 Å². The first-order chi connectivity index (χ1) is 9.50. The van der Waals surface area contributed by atoms with E-state index in [2.05, 4.69) is 5.32 Å². The van der Waals surface area contributed by atoms with Crippen molar-refractivity contribution in [3.63, 3.8) is 0 Å². The molecule has 1 amide bonds. The maximum Gasteiger partial charge on any atom is 0.416 e. The van der Waals surface area contributed by atoms with Crippen molar-refractivity contribution in [1.82, 2.24) is 5.32 Å². The Labute approximate surface area is 122 Å². The van der Waals surface area contributed by atoms with Crippen LogP contribution in [0.5, 0.6) is 0 Å². The van der Waals surface area contributed by atoms with Crippen LogP contribution >= 0.6 is 0 Å². The zero-order valence-electron chi connectivity index (χ0n) is 12.3. The number of nitrogens with one attached hydrogen (secondary N) is 1. The zero-order valence-corrected chi connectivity index (χ0v) is 12.3. The molecule has 3 nitrogen and oxygen atoms in total. The summed E-state index contributed by atoms with van der Waals surface area (Å²) in [5, 5.41) is 12.3. The van der Waals surface area contributed by atoms with Crippen molar-refractivity contribution in [2.24, 2.45) is 5.41 Å². The lowest BCUT2D eigenvalue weighted by Crippen LogP contribution is -2.39. The summed E-state index contributed by atoms with van der Waals surface area (Å²) in [4.78, 5) is 11.7. The molecule has 1 rings (SSSR count). The number of hydrogen-bond donors (Lipinski definition) is 2. The second-order valence-electron chi connectivity index (χ2n) is 6.06. The van der Waals surface area contributed by atoms with Gasteiger partial charge in [-0.3, -0.25) is 4.79 Å². The number of hydrogen-bond acceptors (Lipinski definition) is 2. The first-order valence-corrected chi connectivity index (χ1v) is 6.61. The quantitative estimate of drug-likeness (QED) is 0.898. The van der Waals surface area contributed by atoms with Crippen LogP contribution in [0.15, 0.2) is 24.3 Å². The van der Waals surface area contributed by atoms with Crippen molar-refractivity contribution < 1.29 is 23.1 Å². The van der Waals surface area contributed by atoms with Gasteiger partial charge in [0.05, 0.1) is 18.1 Å². The minimum atomic E-state index is -4.42. The fourth-order valence-corrected chi connectivity index (χ4v) is 1.62. The normalized spacial score (nSPS) is 13.9. The van der Waals surface area contributed by atoms with E-state index in [0.29, 0.717) is 0 Å². The highest BCUT2D eigenvalue weighted by molar-refractivity contribution is 5.78. The molecule has 0 heterocycles. The number of alkyl halides is 3. The number of carbonyl (C=O) groups is 1. The fourth-order valence-electron chi connectivity index (χ4n) is 1.62. The van der Waals surface area contributed by atoms with Crippen LogP contribution in [-0.2, 0) is 17.4 Å². The molecule has 1 aromatic rings. The molecule has 0 saturated heterocycles. The number of rotatable bonds is 4. The van der Waals surface area contributed by atoms with E-state index in [-0.39, 0.29) is 23.9 Å². The summed E-state index contributed by atoms with van der Waals surface area (Å²) >= 11 is 0. The molecular weight excluding hydrogens is 283 g/mol. The molecule has 118 valence electrons. The highest BCUT2D eigenvalue weighted by Gasteiger charge is 2.30. The summed E-state index contributed by atoms with van der Waals surface area (Å²) in [5.41, 5.74) is -0.862. The molecule has 0 aliphatic heterocycles. The van der Waals surface area contributed by atoms with Gasteiger partial charge in [-0.1, -0.05) is 39.0 Å². The molecule has 1 aromatic carbocycles. The number of halogens is 3. The summed E-state index contributed by atoms with van der Waals surface area (Å²) < 4.78 is 37.7. The SMILES string of the molecule is CC(C)(C)C(O)CNC(=O)Cc1cccc(C(F)(F)F)c1. The number of carbonyl (C=O) groups excluding carboxylic acids is 1. The predicted molar refractivity (Wildman–Crippen MR) is 73.6 cm³/mol. The zero-order chi connectivity index (χ0) is 16.3. The topological polar surface area (TPSA) is 49.3 Å². The van der Waals surface area contributed by atoms with E-state index in [0.717, 1.165) is 12.1 Å². The van der Waals surface area contributed by atoms with Crippen LogP contribution in [0.1, 0.15) is 31.9 Å². The van der Waals surface area contributed by atoms with Crippen LogP contribution in [0, 0.1) is 5.41 Å². The van der Waals surface area contributed by atoms with Crippen LogP contribution in [0.4, 0.5) is 13.2 Å². The van der Waals surface area contributed by atoms with Gasteiger partial charge in [-0.2, -0.15) is 13.2 Å². The first-order valence-electron chi connectivity index (χ1n) is 6.61. The van der Waals surface area contributed by atoms with Crippen molar-refractivity contribution >= 4 is 5.91 Å². The van der Waals surface area contributed by atoms with E-state index in [1.807, 2.05) is 20.8 Å². The molecule has 1 unspecified atom stereocenters. The largest absolute Gasteiger partial charge is 0.416 e. The lowest BCUT2D eigenvalue weighted by molar-refractivity contribution is -0.137. The molecule has 0 aliphatic carbocycles. The molecule has 0 fully saturated rings. The first kappa shape index (κ1) is 17.5. The van der Waals surface area contributed by atoms with Crippen molar-refractivity contribution in [3.05, 3.63) is 35.4 Å². The van der Waals surface area contributed by atoms with E-state index in [1.165, 1.54) is 12.1 Å². The van der Waals surface area contributed by atoms with Crippen LogP contribution in [0.2, 0.25) is 0 Å². The summed E-state index contributed by atoms with van der Waals surface area (Å²) in [6, 6.07) is 4.66. The third-order valence-corrected chi connectivity index (χ3v) is 3.11. The Morgan fingerprint density at radius 2 is 1.90 bits per heavy atom. The standard InChI is InChI=1S/C15H20F3NO2/c1-14(2,3)12(20)9-19-13(21)8-10-5-4-6-11(7-10)15(16,17)18/h4-7,12,20H,8-9H2,1-3H3,(H,19,21). The van der Waals surface area contributed by atoms with E-state index >= 15 is 0 Å². The van der Waals surface area contributed by atoms with Crippen LogP contribution < -0.4 is 5.32 Å². The van der Waals surface area contributed by atoms with Gasteiger partial charge in [0.15, 0.2) is 0 Å². The molecule has 1 atom stereocenters. The lowest BCUT2D eigenvalue weighted by atomic mass is 9.89. The van der Waals surface area contributed by atoms with Gasteiger partial charge in [-0.15, -0.1) is 0 Å². The number of aliphatic hydroxyl groups excluding tert-OH is 1. The highest BCUT2D eigenvalue weighted by atomic mass is 19.4. The molecule has 0 radical (unpaired) electrons. The van der Waals surface area contributed by atoms with E-state index < -0.39 is 23.8 Å². The number of benzene rings is 1. The molecular formula is C15H20F3NO2. The van der Waals surface area contributed by atoms with Crippen LogP contribution in [0.25, 0.3) is 0 Å². The van der Waals surface area contributed by atoms with Gasteiger partial charge in [0.1, 0.15) is 0 Å². The molecule has 21 heavy (non-hydrogen) atoms. The average Bonchev–Trinajstić information content (AvgIpc) is 2.34. The molecule has 2 N–H and O–H groups in total. The Morgan fingerprint density at radius 3 is 2.43 bits per heavy atom. The van der Waals surface area contributed by atoms with E-state index in [9.17, 15) is 23.1 Å². The smallest absolute Gasteiger partial charge is 0.391 e. The van der Waals surface area contributed by atoms with Gasteiger partial charge in [0.2, 0.25) is 5.91 Å². The molecule has 0 saturated carbocycles. The average molecular weight is 303 g/mol. The highest BCUT2D eigenvalue weighted by Crippen LogP contribution is 2.29. The molecule has 0 aliphatic rings. The van der Waals surface area contributed by atoms with Crippen molar-refractivity contribution in [2.45, 2.75) is 39.5 Å². The van der Waals surface area contributed by atoms with E-state index in [4.69, 9.17) is 0 Å². The predicted octanol–water partition coefficient (Wildman–Crippen LogP) is 2.77. The molecule has 0 bridgehead atoms. The minimum Gasteiger partial charge on any atom is -0.391 e. The Kier molecular flexibility index (Phi) is 5.39. The Bertz CT molecular complexity index is 492. The summed E-state index contributed by atoms with van der Waals surface area (Å²) in [5.74, 6) is -0.419. The number of amides is 1. The van der Waals surface area contributed by atoms with Crippen molar-refractivity contribution in [2.75, 3.05) is 6.54 Å². The molecule has 0 aromatic heterocycles. The number of aliphatic hydroxyl groups is 1. The molecule has 6 heteroatoms. The maximum absolute atomic E-state index is 12.6. The lowest BCUT2D eigenvalue weighted by Gasteiger charge is -2.25. The molecule has 0 spiro atoms. The third-order valence-electron chi connectivity index (χ3n) is 3.11. The van der Waals surface area contributed by atoms with Gasteiger partial charge in [-0.05, 0) is 17.0 Å².